The predicted molar refractivity (Wildman–Crippen MR) is 64.7 cm³/mol. The van der Waals surface area contributed by atoms with Gasteiger partial charge in [0.25, 0.3) is 5.91 Å². The third kappa shape index (κ3) is 3.94. The highest BCUT2D eigenvalue weighted by Crippen LogP contribution is 2.00. The lowest BCUT2D eigenvalue weighted by molar-refractivity contribution is 0.0891. The zero-order chi connectivity index (χ0) is 12.0. The Bertz CT molecular complexity index is 335. The highest BCUT2D eigenvalue weighted by atomic mass is 79.9. The second-order valence-corrected chi connectivity index (χ2v) is 4.32. The number of aromatic nitrogens is 2. The molecule has 1 unspecified atom stereocenters. The van der Waals surface area contributed by atoms with E-state index >= 15 is 0 Å². The molecule has 0 aromatic carbocycles. The maximum atomic E-state index is 11.8. The Morgan fingerprint density at radius 3 is 3.00 bits per heavy atom. The summed E-state index contributed by atoms with van der Waals surface area (Å²) in [5, 5.41) is 3.70. The summed E-state index contributed by atoms with van der Waals surface area (Å²) in [4.78, 5) is 15.7. The normalized spacial score (nSPS) is 12.4. The number of carbonyl (C=O) groups is 1. The minimum atomic E-state index is -0.163. The van der Waals surface area contributed by atoms with Crippen LogP contribution >= 0.6 is 15.9 Å². The van der Waals surface area contributed by atoms with Crippen LogP contribution in [0.4, 0.5) is 0 Å². The Hall–Kier alpha value is -0.880. The van der Waals surface area contributed by atoms with Gasteiger partial charge in [-0.25, -0.2) is 4.98 Å². The van der Waals surface area contributed by atoms with Gasteiger partial charge in [0, 0.05) is 25.7 Å². The SMILES string of the molecule is COCC(CCBr)NC(=O)c1cn(C)cn1. The molecule has 0 aliphatic rings. The standard InChI is InChI=1S/C10H16BrN3O2/c1-14-5-9(12-7-14)10(15)13-8(3-4-11)6-16-2/h5,7-8H,3-4,6H2,1-2H3,(H,13,15). The summed E-state index contributed by atoms with van der Waals surface area (Å²) in [5.41, 5.74) is 0.429. The van der Waals surface area contributed by atoms with E-state index in [9.17, 15) is 4.79 Å². The first-order valence-electron chi connectivity index (χ1n) is 5.01. The number of amides is 1. The first kappa shape index (κ1) is 13.2. The molecule has 1 amide bonds. The Morgan fingerprint density at radius 2 is 2.50 bits per heavy atom. The van der Waals surface area contributed by atoms with Crippen LogP contribution in [0.2, 0.25) is 0 Å². The number of rotatable bonds is 6. The van der Waals surface area contributed by atoms with E-state index in [-0.39, 0.29) is 11.9 Å². The van der Waals surface area contributed by atoms with E-state index in [0.717, 1.165) is 11.8 Å². The summed E-state index contributed by atoms with van der Waals surface area (Å²) in [6.45, 7) is 0.504. The molecule has 0 saturated heterocycles. The molecule has 5 nitrogen and oxygen atoms in total. The van der Waals surface area contributed by atoms with E-state index < -0.39 is 0 Å². The van der Waals surface area contributed by atoms with Crippen molar-refractivity contribution < 1.29 is 9.53 Å². The summed E-state index contributed by atoms with van der Waals surface area (Å²) in [6, 6.07) is 0.0129. The Balaban J connectivity index is 2.54. The van der Waals surface area contributed by atoms with Gasteiger partial charge in [0.05, 0.1) is 19.0 Å². The van der Waals surface area contributed by atoms with Crippen molar-refractivity contribution in [2.75, 3.05) is 19.0 Å². The van der Waals surface area contributed by atoms with E-state index in [2.05, 4.69) is 26.2 Å². The molecule has 0 saturated carbocycles. The molecule has 1 aromatic rings. The molecule has 0 aliphatic carbocycles. The molecule has 1 N–H and O–H groups in total. The van der Waals surface area contributed by atoms with Gasteiger partial charge in [0.1, 0.15) is 5.69 Å². The van der Waals surface area contributed by atoms with Crippen LogP contribution in [0.15, 0.2) is 12.5 Å². The van der Waals surface area contributed by atoms with Gasteiger partial charge < -0.3 is 14.6 Å². The average Bonchev–Trinajstić information content (AvgIpc) is 2.65. The fraction of sp³-hybridized carbons (Fsp3) is 0.600. The molecule has 6 heteroatoms. The number of halogens is 1. The number of carbonyl (C=O) groups excluding carboxylic acids is 1. The van der Waals surface area contributed by atoms with Gasteiger partial charge in [0.2, 0.25) is 0 Å². The van der Waals surface area contributed by atoms with Gasteiger partial charge in [-0.15, -0.1) is 0 Å². The molecular formula is C10H16BrN3O2. The van der Waals surface area contributed by atoms with E-state index in [4.69, 9.17) is 4.74 Å². The van der Waals surface area contributed by atoms with Crippen LogP contribution in [0.1, 0.15) is 16.9 Å². The minimum Gasteiger partial charge on any atom is -0.383 e. The maximum absolute atomic E-state index is 11.8. The number of alkyl halides is 1. The summed E-state index contributed by atoms with van der Waals surface area (Å²) in [5.74, 6) is -0.163. The van der Waals surface area contributed by atoms with Gasteiger partial charge in [-0.2, -0.15) is 0 Å². The molecule has 16 heavy (non-hydrogen) atoms. The van der Waals surface area contributed by atoms with Crippen molar-refractivity contribution in [3.63, 3.8) is 0 Å². The number of ether oxygens (including phenoxy) is 1. The Kier molecular flexibility index (Phi) is 5.48. The van der Waals surface area contributed by atoms with Crippen molar-refractivity contribution in [2.24, 2.45) is 7.05 Å². The van der Waals surface area contributed by atoms with Crippen LogP contribution in [0, 0.1) is 0 Å². The minimum absolute atomic E-state index is 0.0129. The zero-order valence-electron chi connectivity index (χ0n) is 9.44. The molecule has 0 bridgehead atoms. The van der Waals surface area contributed by atoms with Crippen molar-refractivity contribution in [1.29, 1.82) is 0 Å². The topological polar surface area (TPSA) is 56.1 Å². The van der Waals surface area contributed by atoms with E-state index in [1.807, 2.05) is 7.05 Å². The third-order valence-corrected chi connectivity index (χ3v) is 2.56. The second kappa shape index (κ2) is 6.65. The lowest BCUT2D eigenvalue weighted by Gasteiger charge is -2.15. The summed E-state index contributed by atoms with van der Waals surface area (Å²) in [7, 11) is 3.45. The van der Waals surface area contributed by atoms with Gasteiger partial charge in [-0.3, -0.25) is 4.79 Å². The van der Waals surface area contributed by atoms with Crippen molar-refractivity contribution in [3.05, 3.63) is 18.2 Å². The first-order valence-corrected chi connectivity index (χ1v) is 6.13. The summed E-state index contributed by atoms with van der Waals surface area (Å²) in [6.07, 6.45) is 4.12. The summed E-state index contributed by atoms with van der Waals surface area (Å²) >= 11 is 3.34. The quantitative estimate of drug-likeness (QED) is 0.794. The largest absolute Gasteiger partial charge is 0.383 e. The van der Waals surface area contributed by atoms with Crippen molar-refractivity contribution >= 4 is 21.8 Å². The van der Waals surface area contributed by atoms with Crippen LogP contribution in [0.3, 0.4) is 0 Å². The molecular weight excluding hydrogens is 274 g/mol. The number of aryl methyl sites for hydroxylation is 1. The number of imidazole rings is 1. The Morgan fingerprint density at radius 1 is 1.75 bits per heavy atom. The number of hydrogen-bond donors (Lipinski definition) is 1. The van der Waals surface area contributed by atoms with Gasteiger partial charge in [0.15, 0.2) is 0 Å². The van der Waals surface area contributed by atoms with Crippen molar-refractivity contribution in [1.82, 2.24) is 14.9 Å². The van der Waals surface area contributed by atoms with Crippen LogP contribution in [0.5, 0.6) is 0 Å². The van der Waals surface area contributed by atoms with Gasteiger partial charge in [-0.05, 0) is 6.42 Å². The average molecular weight is 290 g/mol. The zero-order valence-corrected chi connectivity index (χ0v) is 11.0. The van der Waals surface area contributed by atoms with E-state index in [1.54, 1.807) is 24.2 Å². The highest BCUT2D eigenvalue weighted by Gasteiger charge is 2.14. The lowest BCUT2D eigenvalue weighted by atomic mass is 10.2. The van der Waals surface area contributed by atoms with Crippen LogP contribution in [-0.2, 0) is 11.8 Å². The smallest absolute Gasteiger partial charge is 0.271 e. The number of methoxy groups -OCH3 is 1. The first-order chi connectivity index (χ1) is 7.67. The third-order valence-electron chi connectivity index (χ3n) is 2.10. The molecule has 1 heterocycles. The predicted octanol–water partition coefficient (Wildman–Crippen LogP) is 0.950. The number of nitrogens with zero attached hydrogens (tertiary/aromatic N) is 2. The highest BCUT2D eigenvalue weighted by molar-refractivity contribution is 9.09. The molecule has 0 aliphatic heterocycles. The van der Waals surface area contributed by atoms with Gasteiger partial charge in [-0.1, -0.05) is 15.9 Å². The lowest BCUT2D eigenvalue weighted by Crippen LogP contribution is -2.38. The number of hydrogen-bond acceptors (Lipinski definition) is 3. The fourth-order valence-electron chi connectivity index (χ4n) is 1.32. The molecule has 90 valence electrons. The summed E-state index contributed by atoms with van der Waals surface area (Å²) < 4.78 is 6.78. The van der Waals surface area contributed by atoms with Crippen LogP contribution < -0.4 is 5.32 Å². The monoisotopic (exact) mass is 289 g/mol. The molecule has 1 rings (SSSR count). The van der Waals surface area contributed by atoms with Gasteiger partial charge >= 0.3 is 0 Å². The second-order valence-electron chi connectivity index (χ2n) is 3.53. The molecule has 0 spiro atoms. The van der Waals surface area contributed by atoms with Crippen LogP contribution in [0.25, 0.3) is 0 Å². The fourth-order valence-corrected chi connectivity index (χ4v) is 1.87. The van der Waals surface area contributed by atoms with Crippen LogP contribution in [-0.4, -0.2) is 40.5 Å². The maximum Gasteiger partial charge on any atom is 0.271 e. The van der Waals surface area contributed by atoms with Crippen molar-refractivity contribution in [3.8, 4) is 0 Å². The molecule has 0 fully saturated rings. The molecule has 1 aromatic heterocycles. The van der Waals surface area contributed by atoms with E-state index in [1.165, 1.54) is 0 Å². The van der Waals surface area contributed by atoms with E-state index in [0.29, 0.717) is 12.3 Å². The molecule has 1 atom stereocenters. The molecule has 0 radical (unpaired) electrons. The Labute approximate surface area is 103 Å². The number of nitrogens with one attached hydrogen (secondary N) is 1. The van der Waals surface area contributed by atoms with Crippen molar-refractivity contribution in [2.45, 2.75) is 12.5 Å².